The zero-order valence-corrected chi connectivity index (χ0v) is 18.0. The first kappa shape index (κ1) is 23.3. The number of hydrogen-bond acceptors (Lipinski definition) is 7. The quantitative estimate of drug-likeness (QED) is 0.580. The van der Waals surface area contributed by atoms with Crippen molar-refractivity contribution in [3.8, 4) is 0 Å². The van der Waals surface area contributed by atoms with Gasteiger partial charge in [0, 0.05) is 24.1 Å². The van der Waals surface area contributed by atoms with E-state index in [0.717, 1.165) is 4.90 Å². The highest BCUT2D eigenvalue weighted by atomic mass is 32.2. The van der Waals surface area contributed by atoms with Crippen molar-refractivity contribution in [1.82, 2.24) is 10.2 Å². The molecule has 9 nitrogen and oxygen atoms in total. The Morgan fingerprint density at radius 2 is 1.69 bits per heavy atom. The average Bonchev–Trinajstić information content (AvgIpc) is 3.18. The minimum Gasteiger partial charge on any atom is -0.366 e. The summed E-state index contributed by atoms with van der Waals surface area (Å²) in [7, 11) is -3.81. The molecule has 10 heteroatoms. The van der Waals surface area contributed by atoms with Crippen molar-refractivity contribution < 1.29 is 27.6 Å². The molecule has 1 atom stereocenters. The number of nitrogens with zero attached hydrogens (tertiary/aromatic N) is 1. The molecule has 32 heavy (non-hydrogen) atoms. The molecule has 0 saturated carbocycles. The van der Waals surface area contributed by atoms with Gasteiger partial charge in [-0.05, 0) is 23.8 Å². The summed E-state index contributed by atoms with van der Waals surface area (Å²) < 4.78 is 25.3. The largest absolute Gasteiger partial charge is 0.366 e. The Bertz CT molecular complexity index is 1150. The summed E-state index contributed by atoms with van der Waals surface area (Å²) in [4.78, 5) is 50.6. The van der Waals surface area contributed by atoms with Gasteiger partial charge in [0.15, 0.2) is 15.6 Å². The SMILES string of the molecule is NC(=O)c1ccccc1CS(=O)(=O)CCC(=O)N(C(=O)c1ccccc1)C1CNCC1=O. The summed E-state index contributed by atoms with van der Waals surface area (Å²) in [5.74, 6) is -3.51. The van der Waals surface area contributed by atoms with E-state index in [1.54, 1.807) is 30.3 Å². The molecule has 3 N–H and O–H groups in total. The van der Waals surface area contributed by atoms with Crippen LogP contribution < -0.4 is 11.1 Å². The average molecular weight is 458 g/mol. The van der Waals surface area contributed by atoms with Crippen LogP contribution in [-0.2, 0) is 25.2 Å². The fourth-order valence-electron chi connectivity index (χ4n) is 3.51. The summed E-state index contributed by atoms with van der Waals surface area (Å²) in [6, 6.07) is 13.1. The third-order valence-electron chi connectivity index (χ3n) is 5.11. The van der Waals surface area contributed by atoms with Gasteiger partial charge in [0.25, 0.3) is 5.91 Å². The van der Waals surface area contributed by atoms with Gasteiger partial charge in [0.2, 0.25) is 11.8 Å². The van der Waals surface area contributed by atoms with E-state index in [0.29, 0.717) is 0 Å². The van der Waals surface area contributed by atoms with Crippen LogP contribution in [0.2, 0.25) is 0 Å². The zero-order chi connectivity index (χ0) is 23.3. The van der Waals surface area contributed by atoms with Gasteiger partial charge < -0.3 is 11.1 Å². The third kappa shape index (κ3) is 5.45. The molecule has 1 heterocycles. The lowest BCUT2D eigenvalue weighted by Gasteiger charge is -2.26. The number of hydrogen-bond donors (Lipinski definition) is 2. The molecule has 168 valence electrons. The highest BCUT2D eigenvalue weighted by molar-refractivity contribution is 7.90. The van der Waals surface area contributed by atoms with Crippen LogP contribution in [0.25, 0.3) is 0 Å². The Hall–Kier alpha value is -3.37. The Balaban J connectivity index is 1.77. The lowest BCUT2D eigenvalue weighted by atomic mass is 10.1. The molecule has 1 unspecified atom stereocenters. The first-order valence-corrected chi connectivity index (χ1v) is 11.7. The predicted octanol–water partition coefficient (Wildman–Crippen LogP) is 0.300. The van der Waals surface area contributed by atoms with E-state index in [1.807, 2.05) is 0 Å². The molecule has 0 spiro atoms. The van der Waals surface area contributed by atoms with Crippen molar-refractivity contribution in [3.05, 3.63) is 71.3 Å². The molecular weight excluding hydrogens is 434 g/mol. The van der Waals surface area contributed by atoms with Crippen LogP contribution >= 0.6 is 0 Å². The Morgan fingerprint density at radius 1 is 1.03 bits per heavy atom. The van der Waals surface area contributed by atoms with Crippen molar-refractivity contribution in [2.45, 2.75) is 18.2 Å². The van der Waals surface area contributed by atoms with Gasteiger partial charge in [-0.15, -0.1) is 0 Å². The van der Waals surface area contributed by atoms with Crippen LogP contribution in [0.5, 0.6) is 0 Å². The fraction of sp³-hybridized carbons (Fsp3) is 0.273. The smallest absolute Gasteiger partial charge is 0.261 e. The molecule has 2 aromatic rings. The Morgan fingerprint density at radius 3 is 2.31 bits per heavy atom. The molecule has 1 aliphatic heterocycles. The normalized spacial score (nSPS) is 16.0. The number of nitrogens with one attached hydrogen (secondary N) is 1. The number of sulfone groups is 1. The number of Topliss-reactive ketones (excluding diaryl/α,β-unsaturated/α-hetero) is 1. The molecule has 2 aromatic carbocycles. The zero-order valence-electron chi connectivity index (χ0n) is 17.2. The lowest BCUT2D eigenvalue weighted by molar-refractivity contribution is -0.134. The first-order chi connectivity index (χ1) is 15.2. The third-order valence-corrected chi connectivity index (χ3v) is 6.69. The van der Waals surface area contributed by atoms with Crippen LogP contribution in [0.4, 0.5) is 0 Å². The molecule has 3 amide bonds. The number of imide groups is 1. The van der Waals surface area contributed by atoms with Gasteiger partial charge >= 0.3 is 0 Å². The second-order valence-corrected chi connectivity index (χ2v) is 9.60. The number of benzene rings is 2. The van der Waals surface area contributed by atoms with Crippen LogP contribution in [0.15, 0.2) is 54.6 Å². The standard InChI is InChI=1S/C22H23N3O6S/c23-21(28)17-9-5-4-8-16(17)14-32(30,31)11-10-20(27)25(18-12-24-13-19(18)26)22(29)15-6-2-1-3-7-15/h1-9,18,24H,10-14H2,(H2,23,28). The van der Waals surface area contributed by atoms with Gasteiger partial charge in [0.05, 0.1) is 18.1 Å². The maximum absolute atomic E-state index is 13.0. The van der Waals surface area contributed by atoms with Crippen LogP contribution in [0.3, 0.4) is 0 Å². The number of carbonyl (C=O) groups excluding carboxylic acids is 4. The molecule has 1 aliphatic rings. The summed E-state index contributed by atoms with van der Waals surface area (Å²) in [5, 5.41) is 2.83. The van der Waals surface area contributed by atoms with E-state index < -0.39 is 51.5 Å². The molecular formula is C22H23N3O6S. The number of primary amides is 1. The van der Waals surface area contributed by atoms with E-state index in [4.69, 9.17) is 5.73 Å². The van der Waals surface area contributed by atoms with Crippen molar-refractivity contribution in [3.63, 3.8) is 0 Å². The molecule has 0 radical (unpaired) electrons. The van der Waals surface area contributed by atoms with Crippen molar-refractivity contribution in [1.29, 1.82) is 0 Å². The maximum Gasteiger partial charge on any atom is 0.261 e. The van der Waals surface area contributed by atoms with Gasteiger partial charge in [0.1, 0.15) is 6.04 Å². The Labute approximate surface area is 185 Å². The molecule has 0 aromatic heterocycles. The minimum absolute atomic E-state index is 0.0265. The second-order valence-electron chi connectivity index (χ2n) is 7.41. The van der Waals surface area contributed by atoms with Crippen LogP contribution in [0.1, 0.15) is 32.7 Å². The highest BCUT2D eigenvalue weighted by Crippen LogP contribution is 2.17. The summed E-state index contributed by atoms with van der Waals surface area (Å²) in [5.41, 5.74) is 5.84. The van der Waals surface area contributed by atoms with Crippen molar-refractivity contribution in [2.75, 3.05) is 18.8 Å². The van der Waals surface area contributed by atoms with Gasteiger partial charge in [-0.1, -0.05) is 36.4 Å². The van der Waals surface area contributed by atoms with Gasteiger partial charge in [-0.25, -0.2) is 8.42 Å². The summed E-state index contributed by atoms with van der Waals surface area (Å²) >= 11 is 0. The first-order valence-electron chi connectivity index (χ1n) is 9.92. The monoisotopic (exact) mass is 457 g/mol. The molecule has 1 saturated heterocycles. The van der Waals surface area contributed by atoms with E-state index >= 15 is 0 Å². The summed E-state index contributed by atoms with van der Waals surface area (Å²) in [6.07, 6.45) is -0.483. The summed E-state index contributed by atoms with van der Waals surface area (Å²) in [6.45, 7) is 0.139. The molecule has 0 aliphatic carbocycles. The molecule has 3 rings (SSSR count). The van der Waals surface area contributed by atoms with Gasteiger partial charge in [-0.2, -0.15) is 0 Å². The van der Waals surface area contributed by atoms with Crippen LogP contribution in [0, 0.1) is 0 Å². The van der Waals surface area contributed by atoms with Gasteiger partial charge in [-0.3, -0.25) is 24.1 Å². The van der Waals surface area contributed by atoms with E-state index in [-0.39, 0.29) is 35.6 Å². The number of amides is 3. The number of rotatable bonds is 8. The van der Waals surface area contributed by atoms with E-state index in [9.17, 15) is 27.6 Å². The topological polar surface area (TPSA) is 144 Å². The minimum atomic E-state index is -3.81. The van der Waals surface area contributed by atoms with E-state index in [2.05, 4.69) is 5.32 Å². The molecule has 1 fully saturated rings. The second kappa shape index (κ2) is 9.84. The number of ketones is 1. The maximum atomic E-state index is 13.0. The van der Waals surface area contributed by atoms with Crippen molar-refractivity contribution in [2.24, 2.45) is 5.73 Å². The van der Waals surface area contributed by atoms with E-state index in [1.165, 1.54) is 24.3 Å². The molecule has 0 bridgehead atoms. The van der Waals surface area contributed by atoms with Crippen LogP contribution in [-0.4, -0.2) is 61.7 Å². The predicted molar refractivity (Wildman–Crippen MR) is 116 cm³/mol. The number of nitrogens with two attached hydrogens (primary N) is 1. The fourth-order valence-corrected chi connectivity index (χ4v) is 4.86. The van der Waals surface area contributed by atoms with Crippen molar-refractivity contribution >= 4 is 33.3 Å². The Kier molecular flexibility index (Phi) is 7.16. The lowest BCUT2D eigenvalue weighted by Crippen LogP contribution is -2.49. The number of carbonyl (C=O) groups is 4. The highest BCUT2D eigenvalue weighted by Gasteiger charge is 2.38.